The van der Waals surface area contributed by atoms with Crippen molar-refractivity contribution in [2.24, 2.45) is 5.92 Å². The van der Waals surface area contributed by atoms with Crippen LogP contribution in [-0.2, 0) is 6.18 Å². The minimum absolute atomic E-state index is 0.0717. The number of alkyl halides is 3. The second kappa shape index (κ2) is 8.29. The minimum Gasteiger partial charge on any atom is -0.351 e. The van der Waals surface area contributed by atoms with Crippen molar-refractivity contribution in [3.63, 3.8) is 0 Å². The van der Waals surface area contributed by atoms with E-state index in [9.17, 15) is 18.0 Å². The largest absolute Gasteiger partial charge is 0.433 e. The van der Waals surface area contributed by atoms with E-state index in [1.165, 1.54) is 12.1 Å². The van der Waals surface area contributed by atoms with Crippen LogP contribution in [0.3, 0.4) is 0 Å². The fraction of sp³-hybridized carbons (Fsp3) is 0.286. The van der Waals surface area contributed by atoms with E-state index in [0.29, 0.717) is 11.5 Å². The monoisotopic (exact) mass is 428 g/mol. The third-order valence-corrected chi connectivity index (χ3v) is 4.85. The summed E-state index contributed by atoms with van der Waals surface area (Å²) in [5, 5.41) is 5.73. The maximum Gasteiger partial charge on any atom is 0.433 e. The molecule has 0 bridgehead atoms. The molecule has 31 heavy (non-hydrogen) atoms. The Labute approximate surface area is 176 Å². The van der Waals surface area contributed by atoms with Gasteiger partial charge in [0.15, 0.2) is 5.82 Å². The number of anilines is 2. The summed E-state index contributed by atoms with van der Waals surface area (Å²) in [4.78, 5) is 28.8. The van der Waals surface area contributed by atoms with Crippen LogP contribution in [0.1, 0.15) is 35.8 Å². The highest BCUT2D eigenvalue weighted by atomic mass is 19.4. The zero-order chi connectivity index (χ0) is 22.0. The molecule has 0 radical (unpaired) electrons. The predicted molar refractivity (Wildman–Crippen MR) is 108 cm³/mol. The molecule has 0 saturated heterocycles. The first-order valence-electron chi connectivity index (χ1n) is 9.73. The van der Waals surface area contributed by atoms with Gasteiger partial charge in [0, 0.05) is 11.6 Å². The molecule has 1 aliphatic carbocycles. The molecule has 1 fully saturated rings. The van der Waals surface area contributed by atoms with Crippen LogP contribution in [0.4, 0.5) is 25.1 Å². The van der Waals surface area contributed by atoms with Crippen LogP contribution in [0.15, 0.2) is 48.5 Å². The average Bonchev–Trinajstić information content (AvgIpc) is 3.59. The molecule has 4 rings (SSSR count). The molecule has 7 nitrogen and oxygen atoms in total. The van der Waals surface area contributed by atoms with Crippen LogP contribution >= 0.6 is 0 Å². The number of carbonyl (C=O) groups excluding carboxylic acids is 1. The highest BCUT2D eigenvalue weighted by molar-refractivity contribution is 6.03. The van der Waals surface area contributed by atoms with Gasteiger partial charge in [0.05, 0.1) is 0 Å². The molecule has 1 aromatic carbocycles. The molecule has 2 aromatic heterocycles. The lowest BCUT2D eigenvalue weighted by molar-refractivity contribution is -0.141. The first kappa shape index (κ1) is 20.7. The lowest BCUT2D eigenvalue weighted by Gasteiger charge is -2.14. The minimum atomic E-state index is -4.60. The molecule has 2 N–H and O–H groups in total. The summed E-state index contributed by atoms with van der Waals surface area (Å²) in [6.45, 7) is 1.98. The lowest BCUT2D eigenvalue weighted by Crippen LogP contribution is -2.21. The van der Waals surface area contributed by atoms with E-state index >= 15 is 0 Å². The quantitative estimate of drug-likeness (QED) is 0.604. The summed E-state index contributed by atoms with van der Waals surface area (Å²) in [5.74, 6) is 0.0377. The summed E-state index contributed by atoms with van der Waals surface area (Å²) >= 11 is 0. The summed E-state index contributed by atoms with van der Waals surface area (Å²) < 4.78 is 39.3. The Hall–Kier alpha value is -3.56. The first-order valence-corrected chi connectivity index (χ1v) is 9.73. The Morgan fingerprint density at radius 1 is 0.968 bits per heavy atom. The number of hydrogen-bond acceptors (Lipinski definition) is 6. The number of nitrogens with zero attached hydrogens (tertiary/aromatic N) is 4. The molecular formula is C21H19F3N6O. The summed E-state index contributed by atoms with van der Waals surface area (Å²) in [5.41, 5.74) is -0.738. The zero-order valence-electron chi connectivity index (χ0n) is 16.5. The fourth-order valence-electron chi connectivity index (χ4n) is 3.01. The number of halogens is 3. The van der Waals surface area contributed by atoms with Crippen molar-refractivity contribution in [2.45, 2.75) is 32.0 Å². The molecule has 2 heterocycles. The number of hydrogen-bond donors (Lipinski definition) is 2. The number of nitrogens with one attached hydrogen (secondary N) is 2. The Morgan fingerprint density at radius 3 is 2.35 bits per heavy atom. The van der Waals surface area contributed by atoms with E-state index in [4.69, 9.17) is 0 Å². The third-order valence-electron chi connectivity index (χ3n) is 4.85. The molecule has 0 aliphatic heterocycles. The van der Waals surface area contributed by atoms with Gasteiger partial charge in [0.2, 0.25) is 11.9 Å². The van der Waals surface area contributed by atoms with Gasteiger partial charge in [0.1, 0.15) is 11.4 Å². The van der Waals surface area contributed by atoms with Gasteiger partial charge in [-0.15, -0.1) is 0 Å². The predicted octanol–water partition coefficient (Wildman–Crippen LogP) is 4.42. The SMILES string of the molecule is CC(Nc1nc(NC(=O)c2ccccc2)nc(-c2cccc(C(F)(F)F)n2)n1)C1CC1. The fourth-order valence-corrected chi connectivity index (χ4v) is 3.01. The zero-order valence-corrected chi connectivity index (χ0v) is 16.5. The van der Waals surface area contributed by atoms with Crippen LogP contribution in [0, 0.1) is 5.92 Å². The maximum absolute atomic E-state index is 13.1. The third kappa shape index (κ3) is 5.14. The van der Waals surface area contributed by atoms with E-state index in [0.717, 1.165) is 18.9 Å². The Balaban J connectivity index is 1.68. The van der Waals surface area contributed by atoms with Crippen LogP contribution in [0.25, 0.3) is 11.5 Å². The summed E-state index contributed by atoms with van der Waals surface area (Å²) in [6.07, 6.45) is -2.44. The van der Waals surface area contributed by atoms with Crippen LogP contribution < -0.4 is 10.6 Å². The highest BCUT2D eigenvalue weighted by Gasteiger charge is 2.33. The van der Waals surface area contributed by atoms with Crippen molar-refractivity contribution in [2.75, 3.05) is 10.6 Å². The van der Waals surface area contributed by atoms with Gasteiger partial charge in [-0.25, -0.2) is 4.98 Å². The van der Waals surface area contributed by atoms with Crippen molar-refractivity contribution in [1.82, 2.24) is 19.9 Å². The second-order valence-corrected chi connectivity index (χ2v) is 7.30. The van der Waals surface area contributed by atoms with Gasteiger partial charge >= 0.3 is 6.18 Å². The lowest BCUT2D eigenvalue weighted by atomic mass is 10.2. The molecule has 1 atom stereocenters. The van der Waals surface area contributed by atoms with Gasteiger partial charge in [-0.3, -0.25) is 10.1 Å². The first-order chi connectivity index (χ1) is 14.8. The highest BCUT2D eigenvalue weighted by Crippen LogP contribution is 2.34. The molecule has 0 spiro atoms. The van der Waals surface area contributed by atoms with E-state index in [-0.39, 0.29) is 29.5 Å². The topological polar surface area (TPSA) is 92.7 Å². The number of carbonyl (C=O) groups is 1. The molecular weight excluding hydrogens is 409 g/mol. The van der Waals surface area contributed by atoms with Crippen LogP contribution in [-0.4, -0.2) is 31.9 Å². The number of benzene rings is 1. The molecule has 1 aliphatic rings. The molecule has 1 saturated carbocycles. The molecule has 10 heteroatoms. The Morgan fingerprint density at radius 2 is 1.68 bits per heavy atom. The standard InChI is InChI=1S/C21H19F3N6O/c1-12(13-10-11-13)25-19-27-17(15-8-5-9-16(26-15)21(22,23)24)28-20(30-19)29-18(31)14-6-3-2-4-7-14/h2-9,12-13H,10-11H2,1H3,(H2,25,27,28,29,30,31). The van der Waals surface area contributed by atoms with E-state index in [1.54, 1.807) is 30.3 Å². The molecule has 1 unspecified atom stereocenters. The van der Waals surface area contributed by atoms with E-state index < -0.39 is 17.8 Å². The van der Waals surface area contributed by atoms with Gasteiger partial charge in [-0.05, 0) is 49.9 Å². The number of rotatable bonds is 6. The normalized spacial score (nSPS) is 14.7. The average molecular weight is 428 g/mol. The van der Waals surface area contributed by atoms with Gasteiger partial charge in [0.25, 0.3) is 5.91 Å². The van der Waals surface area contributed by atoms with Gasteiger partial charge < -0.3 is 5.32 Å². The Bertz CT molecular complexity index is 1090. The number of pyridine rings is 1. The number of amides is 1. The van der Waals surface area contributed by atoms with Gasteiger partial charge in [-0.1, -0.05) is 24.3 Å². The Kier molecular flexibility index (Phi) is 5.53. The van der Waals surface area contributed by atoms with Crippen molar-refractivity contribution in [1.29, 1.82) is 0 Å². The van der Waals surface area contributed by atoms with Crippen molar-refractivity contribution >= 4 is 17.8 Å². The van der Waals surface area contributed by atoms with Crippen molar-refractivity contribution < 1.29 is 18.0 Å². The molecule has 3 aromatic rings. The maximum atomic E-state index is 13.1. The van der Waals surface area contributed by atoms with Crippen molar-refractivity contribution in [3.8, 4) is 11.5 Å². The molecule has 1 amide bonds. The summed E-state index contributed by atoms with van der Waals surface area (Å²) in [7, 11) is 0. The van der Waals surface area contributed by atoms with E-state index in [2.05, 4.69) is 30.6 Å². The summed E-state index contributed by atoms with van der Waals surface area (Å²) in [6, 6.07) is 12.0. The number of aromatic nitrogens is 4. The van der Waals surface area contributed by atoms with Crippen LogP contribution in [0.2, 0.25) is 0 Å². The van der Waals surface area contributed by atoms with Crippen molar-refractivity contribution in [3.05, 3.63) is 59.8 Å². The van der Waals surface area contributed by atoms with Crippen LogP contribution in [0.5, 0.6) is 0 Å². The van der Waals surface area contributed by atoms with E-state index in [1.807, 2.05) is 6.92 Å². The molecule has 160 valence electrons. The smallest absolute Gasteiger partial charge is 0.351 e. The van der Waals surface area contributed by atoms with Gasteiger partial charge in [-0.2, -0.15) is 28.1 Å². The second-order valence-electron chi connectivity index (χ2n) is 7.30.